The SMILES string of the molecule is COc1cc(C(=O)NCc2nnc(SCC(=O)Nc3cc(C)ccc3C)n2-c2cccc(C)c2C)cc(OC)c1OC. The molecule has 0 fully saturated rings. The van der Waals surface area contributed by atoms with Gasteiger partial charge in [0.25, 0.3) is 5.91 Å². The van der Waals surface area contributed by atoms with E-state index < -0.39 is 0 Å². The number of hydrogen-bond acceptors (Lipinski definition) is 8. The van der Waals surface area contributed by atoms with Crippen LogP contribution in [-0.4, -0.2) is 53.7 Å². The number of amides is 2. The van der Waals surface area contributed by atoms with E-state index in [1.165, 1.54) is 33.1 Å². The Morgan fingerprint density at radius 1 is 0.881 bits per heavy atom. The summed E-state index contributed by atoms with van der Waals surface area (Å²) in [4.78, 5) is 26.1. The molecule has 0 saturated heterocycles. The fourth-order valence-electron chi connectivity index (χ4n) is 4.39. The van der Waals surface area contributed by atoms with Gasteiger partial charge in [0.05, 0.1) is 39.3 Å². The number of nitrogens with zero attached hydrogens (tertiary/aromatic N) is 3. The average molecular weight is 590 g/mol. The van der Waals surface area contributed by atoms with Gasteiger partial charge in [0, 0.05) is 11.3 Å². The number of methoxy groups -OCH3 is 3. The summed E-state index contributed by atoms with van der Waals surface area (Å²) in [6, 6.07) is 15.1. The van der Waals surface area contributed by atoms with Crippen LogP contribution in [0.4, 0.5) is 5.69 Å². The van der Waals surface area contributed by atoms with Crippen LogP contribution in [-0.2, 0) is 11.3 Å². The normalized spacial score (nSPS) is 10.7. The van der Waals surface area contributed by atoms with Crippen molar-refractivity contribution in [2.24, 2.45) is 0 Å². The second-order valence-corrected chi connectivity index (χ2v) is 10.6. The third-order valence-corrected chi connectivity index (χ3v) is 7.78. The van der Waals surface area contributed by atoms with Gasteiger partial charge in [-0.25, -0.2) is 0 Å². The van der Waals surface area contributed by atoms with Crippen LogP contribution in [0.25, 0.3) is 5.69 Å². The lowest BCUT2D eigenvalue weighted by molar-refractivity contribution is -0.113. The van der Waals surface area contributed by atoms with E-state index in [0.717, 1.165) is 33.6 Å². The Kier molecular flexibility index (Phi) is 9.74. The van der Waals surface area contributed by atoms with Crippen LogP contribution in [0, 0.1) is 27.7 Å². The molecule has 0 unspecified atom stereocenters. The second-order valence-electron chi connectivity index (χ2n) is 9.71. The lowest BCUT2D eigenvalue weighted by atomic mass is 10.1. The monoisotopic (exact) mass is 589 g/mol. The van der Waals surface area contributed by atoms with Crippen molar-refractivity contribution >= 4 is 29.3 Å². The van der Waals surface area contributed by atoms with Crippen molar-refractivity contribution in [2.45, 2.75) is 39.4 Å². The summed E-state index contributed by atoms with van der Waals surface area (Å²) in [7, 11) is 4.49. The van der Waals surface area contributed by atoms with Gasteiger partial charge in [-0.05, 0) is 74.2 Å². The van der Waals surface area contributed by atoms with E-state index in [0.29, 0.717) is 33.8 Å². The van der Waals surface area contributed by atoms with E-state index in [-0.39, 0.29) is 24.1 Å². The Hall–Kier alpha value is -4.51. The van der Waals surface area contributed by atoms with Crippen molar-refractivity contribution in [3.63, 3.8) is 0 Å². The minimum atomic E-state index is -0.355. The molecule has 0 bridgehead atoms. The molecular weight excluding hydrogens is 554 g/mol. The number of carbonyl (C=O) groups is 2. The van der Waals surface area contributed by atoms with E-state index in [1.807, 2.05) is 68.7 Å². The first-order chi connectivity index (χ1) is 20.2. The number of thioether (sulfide) groups is 1. The Balaban J connectivity index is 1.58. The van der Waals surface area contributed by atoms with Crippen molar-refractivity contribution in [3.8, 4) is 22.9 Å². The highest BCUT2D eigenvalue weighted by molar-refractivity contribution is 7.99. The molecular formula is C31H35N5O5S. The van der Waals surface area contributed by atoms with E-state index in [4.69, 9.17) is 14.2 Å². The predicted molar refractivity (Wildman–Crippen MR) is 163 cm³/mol. The smallest absolute Gasteiger partial charge is 0.251 e. The number of benzene rings is 3. The summed E-state index contributed by atoms with van der Waals surface area (Å²) in [5.41, 5.74) is 6.17. The molecule has 11 heteroatoms. The maximum atomic E-state index is 13.2. The first kappa shape index (κ1) is 30.4. The maximum absolute atomic E-state index is 13.2. The summed E-state index contributed by atoms with van der Waals surface area (Å²) >= 11 is 1.28. The third-order valence-electron chi connectivity index (χ3n) is 6.85. The van der Waals surface area contributed by atoms with Crippen LogP contribution < -0.4 is 24.8 Å². The topological polar surface area (TPSA) is 117 Å². The van der Waals surface area contributed by atoms with Crippen molar-refractivity contribution in [1.29, 1.82) is 0 Å². The molecule has 2 amide bonds. The molecule has 1 aromatic heterocycles. The van der Waals surface area contributed by atoms with E-state index in [9.17, 15) is 9.59 Å². The molecule has 4 rings (SSSR count). The molecule has 10 nitrogen and oxygen atoms in total. The minimum Gasteiger partial charge on any atom is -0.493 e. The number of carbonyl (C=O) groups excluding carboxylic acids is 2. The highest BCUT2D eigenvalue weighted by Crippen LogP contribution is 2.38. The molecule has 0 aliphatic carbocycles. The molecule has 0 saturated carbocycles. The largest absolute Gasteiger partial charge is 0.493 e. The zero-order chi connectivity index (χ0) is 30.4. The van der Waals surface area contributed by atoms with Gasteiger partial charge in [-0.15, -0.1) is 10.2 Å². The van der Waals surface area contributed by atoms with Gasteiger partial charge in [-0.1, -0.05) is 36.0 Å². The fraction of sp³-hybridized carbons (Fsp3) is 0.290. The molecule has 3 aromatic carbocycles. The van der Waals surface area contributed by atoms with Crippen LogP contribution in [0.2, 0.25) is 0 Å². The first-order valence-electron chi connectivity index (χ1n) is 13.3. The zero-order valence-electron chi connectivity index (χ0n) is 24.8. The van der Waals surface area contributed by atoms with Gasteiger partial charge in [0.2, 0.25) is 11.7 Å². The molecule has 2 N–H and O–H groups in total. The van der Waals surface area contributed by atoms with E-state index >= 15 is 0 Å². The third kappa shape index (κ3) is 6.68. The van der Waals surface area contributed by atoms with Crippen LogP contribution in [0.5, 0.6) is 17.2 Å². The maximum Gasteiger partial charge on any atom is 0.251 e. The van der Waals surface area contributed by atoms with Crippen LogP contribution in [0.1, 0.15) is 38.4 Å². The molecule has 0 aliphatic heterocycles. The molecule has 220 valence electrons. The Morgan fingerprint density at radius 2 is 1.60 bits per heavy atom. The summed E-state index contributed by atoms with van der Waals surface area (Å²) in [5.74, 6) is 1.29. The minimum absolute atomic E-state index is 0.0884. The molecule has 0 spiro atoms. The Morgan fingerprint density at radius 3 is 2.26 bits per heavy atom. The van der Waals surface area contributed by atoms with Crippen molar-refractivity contribution < 1.29 is 23.8 Å². The van der Waals surface area contributed by atoms with Gasteiger partial charge < -0.3 is 24.8 Å². The fourth-order valence-corrected chi connectivity index (χ4v) is 5.15. The zero-order valence-corrected chi connectivity index (χ0v) is 25.6. The van der Waals surface area contributed by atoms with Crippen LogP contribution in [0.3, 0.4) is 0 Å². The van der Waals surface area contributed by atoms with Gasteiger partial charge in [0.1, 0.15) is 0 Å². The highest BCUT2D eigenvalue weighted by atomic mass is 32.2. The number of nitrogens with one attached hydrogen (secondary N) is 2. The van der Waals surface area contributed by atoms with Crippen LogP contribution in [0.15, 0.2) is 53.7 Å². The Bertz CT molecular complexity index is 1590. The lowest BCUT2D eigenvalue weighted by Crippen LogP contribution is -2.25. The molecule has 0 aliphatic rings. The van der Waals surface area contributed by atoms with Gasteiger partial charge in [0.15, 0.2) is 22.5 Å². The first-order valence-corrected chi connectivity index (χ1v) is 14.2. The summed E-state index contributed by atoms with van der Waals surface area (Å²) in [6.07, 6.45) is 0. The number of hydrogen-bond donors (Lipinski definition) is 2. The number of rotatable bonds is 11. The van der Waals surface area contributed by atoms with Gasteiger partial charge in [-0.3, -0.25) is 14.2 Å². The molecule has 4 aromatic rings. The van der Waals surface area contributed by atoms with Crippen LogP contribution >= 0.6 is 11.8 Å². The number of aromatic nitrogens is 3. The quantitative estimate of drug-likeness (QED) is 0.230. The Labute approximate surface area is 249 Å². The highest BCUT2D eigenvalue weighted by Gasteiger charge is 2.21. The van der Waals surface area contributed by atoms with E-state index in [1.54, 1.807) is 12.1 Å². The number of anilines is 1. The summed E-state index contributed by atoms with van der Waals surface area (Å²) in [6.45, 7) is 8.08. The number of ether oxygens (including phenoxy) is 3. The predicted octanol–water partition coefficient (Wildman–Crippen LogP) is 5.19. The lowest BCUT2D eigenvalue weighted by Gasteiger charge is -2.16. The van der Waals surface area contributed by atoms with Gasteiger partial charge in [-0.2, -0.15) is 0 Å². The van der Waals surface area contributed by atoms with Crippen molar-refractivity contribution in [1.82, 2.24) is 20.1 Å². The molecule has 42 heavy (non-hydrogen) atoms. The van der Waals surface area contributed by atoms with Gasteiger partial charge >= 0.3 is 0 Å². The molecule has 1 heterocycles. The molecule has 0 atom stereocenters. The van der Waals surface area contributed by atoms with Crippen molar-refractivity contribution in [2.75, 3.05) is 32.4 Å². The summed E-state index contributed by atoms with van der Waals surface area (Å²) < 4.78 is 18.0. The average Bonchev–Trinajstić information content (AvgIpc) is 3.39. The standard InChI is InChI=1S/C31H35N5O5S/c1-18-11-12-20(3)23(13-18)33-28(37)17-42-31-35-34-27(36(31)24-10-8-9-19(2)21(24)4)16-32-30(38)22-14-25(39-5)29(41-7)26(15-22)40-6/h8-15H,16-17H2,1-7H3,(H,32,38)(H,33,37). The van der Waals surface area contributed by atoms with E-state index in [2.05, 4.69) is 20.8 Å². The van der Waals surface area contributed by atoms with Crippen molar-refractivity contribution in [3.05, 3.63) is 82.2 Å². The molecule has 0 radical (unpaired) electrons. The second kappa shape index (κ2) is 13.4. The summed E-state index contributed by atoms with van der Waals surface area (Å²) in [5, 5.41) is 15.2. The number of aryl methyl sites for hydroxylation is 3.